The molecular weight excluding hydrogens is 211 g/mol. The highest BCUT2D eigenvalue weighted by Crippen LogP contribution is 2.52. The normalized spacial score (nSPS) is 29.1. The van der Waals surface area contributed by atoms with E-state index in [2.05, 4.69) is 0 Å². The van der Waals surface area contributed by atoms with Crippen LogP contribution in [0, 0.1) is 5.41 Å². The molecule has 16 heavy (non-hydrogen) atoms. The van der Waals surface area contributed by atoms with Gasteiger partial charge in [-0.1, -0.05) is 12.8 Å². The predicted octanol–water partition coefficient (Wildman–Crippen LogP) is 2.27. The van der Waals surface area contributed by atoms with Gasteiger partial charge in [0.05, 0.1) is 0 Å². The van der Waals surface area contributed by atoms with Crippen LogP contribution in [-0.2, 0) is 4.79 Å². The van der Waals surface area contributed by atoms with Crippen molar-refractivity contribution in [1.82, 2.24) is 0 Å². The van der Waals surface area contributed by atoms with Gasteiger partial charge in [-0.05, 0) is 43.9 Å². The van der Waals surface area contributed by atoms with Crippen molar-refractivity contribution in [3.05, 3.63) is 0 Å². The van der Waals surface area contributed by atoms with Gasteiger partial charge in [0.1, 0.15) is 5.60 Å². The van der Waals surface area contributed by atoms with Gasteiger partial charge in [-0.3, -0.25) is 0 Å². The molecular formula is C12H19FO3. The number of rotatable bonds is 2. The summed E-state index contributed by atoms with van der Waals surface area (Å²) in [5.41, 5.74) is -1.34. The van der Waals surface area contributed by atoms with Crippen LogP contribution >= 0.6 is 0 Å². The van der Waals surface area contributed by atoms with Crippen LogP contribution in [0.15, 0.2) is 0 Å². The average Bonchev–Trinajstić information content (AvgIpc) is 2.71. The smallest absolute Gasteiger partial charge is 0.341 e. The Morgan fingerprint density at radius 3 is 2.00 bits per heavy atom. The molecule has 2 aliphatic rings. The molecule has 0 amide bonds. The second kappa shape index (κ2) is 3.99. The van der Waals surface area contributed by atoms with E-state index in [0.29, 0.717) is 12.8 Å². The monoisotopic (exact) mass is 230 g/mol. The lowest BCUT2D eigenvalue weighted by molar-refractivity contribution is -0.160. The fourth-order valence-electron chi connectivity index (χ4n) is 3.32. The maximum absolute atomic E-state index is 13.4. The number of aliphatic hydroxyl groups is 1. The van der Waals surface area contributed by atoms with E-state index in [9.17, 15) is 14.3 Å². The number of carboxylic acids is 1. The first-order chi connectivity index (χ1) is 7.48. The van der Waals surface area contributed by atoms with Crippen LogP contribution in [0.2, 0.25) is 0 Å². The molecule has 0 radical (unpaired) electrons. The maximum atomic E-state index is 13.4. The molecule has 3 nitrogen and oxygen atoms in total. The molecule has 4 heteroatoms. The van der Waals surface area contributed by atoms with Gasteiger partial charge in [-0.25, -0.2) is 9.18 Å². The summed E-state index contributed by atoms with van der Waals surface area (Å²) >= 11 is 0. The Balaban J connectivity index is 2.00. The van der Waals surface area contributed by atoms with Crippen LogP contribution in [-0.4, -0.2) is 28.0 Å². The fraction of sp³-hybridized carbons (Fsp3) is 0.917. The molecule has 2 aliphatic carbocycles. The molecule has 0 aromatic heterocycles. The summed E-state index contributed by atoms with van der Waals surface area (Å²) in [6, 6.07) is 0. The number of carboxylic acid groups (broad SMARTS) is 1. The summed E-state index contributed by atoms with van der Waals surface area (Å²) in [5.74, 6) is -1.54. The Bertz CT molecular complexity index is 274. The number of halogens is 1. The Morgan fingerprint density at radius 2 is 1.56 bits per heavy atom. The van der Waals surface area contributed by atoms with Gasteiger partial charge in [0.2, 0.25) is 6.17 Å². The number of aliphatic carboxylic acids is 1. The molecule has 0 aliphatic heterocycles. The van der Waals surface area contributed by atoms with E-state index < -0.39 is 17.7 Å². The van der Waals surface area contributed by atoms with Gasteiger partial charge < -0.3 is 10.2 Å². The Kier molecular flexibility index (Phi) is 2.95. The minimum atomic E-state index is -2.13. The summed E-state index contributed by atoms with van der Waals surface area (Å²) in [6.45, 7) is 0. The van der Waals surface area contributed by atoms with Crippen LogP contribution in [0.3, 0.4) is 0 Å². The molecule has 2 saturated carbocycles. The molecule has 92 valence electrons. The van der Waals surface area contributed by atoms with Crippen molar-refractivity contribution in [2.24, 2.45) is 5.41 Å². The van der Waals surface area contributed by atoms with E-state index in [4.69, 9.17) is 5.11 Å². The van der Waals surface area contributed by atoms with Crippen molar-refractivity contribution < 1.29 is 19.4 Å². The number of carbonyl (C=O) groups is 1. The Hall–Kier alpha value is -0.640. The Morgan fingerprint density at radius 1 is 1.06 bits per heavy atom. The molecule has 1 spiro atoms. The minimum Gasteiger partial charge on any atom is -0.479 e. The van der Waals surface area contributed by atoms with E-state index in [-0.39, 0.29) is 5.41 Å². The lowest BCUT2D eigenvalue weighted by Gasteiger charge is -2.42. The second-order valence-electron chi connectivity index (χ2n) is 5.51. The Labute approximate surface area is 94.7 Å². The van der Waals surface area contributed by atoms with Gasteiger partial charge in [0, 0.05) is 0 Å². The molecule has 0 aromatic rings. The zero-order valence-corrected chi connectivity index (χ0v) is 9.41. The number of hydrogen-bond acceptors (Lipinski definition) is 2. The third-order valence-electron chi connectivity index (χ3n) is 4.53. The van der Waals surface area contributed by atoms with Crippen molar-refractivity contribution in [3.63, 3.8) is 0 Å². The second-order valence-corrected chi connectivity index (χ2v) is 5.51. The SMILES string of the molecule is O=C(O)C(F)C1(O)CCC2(CCCC2)CC1. The zero-order chi connectivity index (χ0) is 11.8. The molecule has 1 atom stereocenters. The van der Waals surface area contributed by atoms with Crippen molar-refractivity contribution >= 4 is 5.97 Å². The van der Waals surface area contributed by atoms with Crippen LogP contribution < -0.4 is 0 Å². The van der Waals surface area contributed by atoms with E-state index >= 15 is 0 Å². The van der Waals surface area contributed by atoms with Gasteiger partial charge in [-0.15, -0.1) is 0 Å². The molecule has 2 N–H and O–H groups in total. The fourth-order valence-corrected chi connectivity index (χ4v) is 3.32. The van der Waals surface area contributed by atoms with Crippen molar-refractivity contribution in [2.75, 3.05) is 0 Å². The van der Waals surface area contributed by atoms with E-state index in [0.717, 1.165) is 25.7 Å². The highest BCUT2D eigenvalue weighted by atomic mass is 19.1. The summed E-state index contributed by atoms with van der Waals surface area (Å²) in [5, 5.41) is 18.6. The third kappa shape index (κ3) is 1.95. The summed E-state index contributed by atoms with van der Waals surface area (Å²) in [4.78, 5) is 10.6. The minimum absolute atomic E-state index is 0.282. The molecule has 2 rings (SSSR count). The summed E-state index contributed by atoms with van der Waals surface area (Å²) < 4.78 is 13.4. The standard InChI is InChI=1S/C12H19FO3/c13-9(10(14)15)12(16)7-5-11(6-8-12)3-1-2-4-11/h9,16H,1-8H2,(H,14,15). The first-order valence-electron chi connectivity index (χ1n) is 6.07. The topological polar surface area (TPSA) is 57.5 Å². The first-order valence-corrected chi connectivity index (χ1v) is 6.07. The molecule has 0 aromatic carbocycles. The van der Waals surface area contributed by atoms with Crippen molar-refractivity contribution in [2.45, 2.75) is 63.1 Å². The van der Waals surface area contributed by atoms with Crippen LogP contribution in [0.4, 0.5) is 4.39 Å². The average molecular weight is 230 g/mol. The summed E-state index contributed by atoms with van der Waals surface area (Å²) in [7, 11) is 0. The van der Waals surface area contributed by atoms with E-state index in [1.54, 1.807) is 0 Å². The van der Waals surface area contributed by atoms with Gasteiger partial charge in [0.25, 0.3) is 0 Å². The highest BCUT2D eigenvalue weighted by molar-refractivity contribution is 5.73. The third-order valence-corrected chi connectivity index (χ3v) is 4.53. The molecule has 1 unspecified atom stereocenters. The number of hydrogen-bond donors (Lipinski definition) is 2. The quantitative estimate of drug-likeness (QED) is 0.765. The highest BCUT2D eigenvalue weighted by Gasteiger charge is 2.49. The lowest BCUT2D eigenvalue weighted by Crippen LogP contribution is -2.48. The van der Waals surface area contributed by atoms with Crippen molar-refractivity contribution in [3.8, 4) is 0 Å². The van der Waals surface area contributed by atoms with Gasteiger partial charge in [0.15, 0.2) is 0 Å². The molecule has 0 saturated heterocycles. The maximum Gasteiger partial charge on any atom is 0.341 e. The van der Waals surface area contributed by atoms with Crippen LogP contribution in [0.5, 0.6) is 0 Å². The zero-order valence-electron chi connectivity index (χ0n) is 9.41. The molecule has 0 heterocycles. The largest absolute Gasteiger partial charge is 0.479 e. The van der Waals surface area contributed by atoms with E-state index in [1.165, 1.54) is 12.8 Å². The first kappa shape index (κ1) is 11.8. The molecule has 2 fully saturated rings. The van der Waals surface area contributed by atoms with Gasteiger partial charge >= 0.3 is 5.97 Å². The van der Waals surface area contributed by atoms with Gasteiger partial charge in [-0.2, -0.15) is 0 Å². The summed E-state index contributed by atoms with van der Waals surface area (Å²) in [6.07, 6.45) is 4.76. The lowest BCUT2D eigenvalue weighted by atomic mass is 9.66. The van der Waals surface area contributed by atoms with Crippen LogP contribution in [0.25, 0.3) is 0 Å². The molecule has 0 bridgehead atoms. The van der Waals surface area contributed by atoms with E-state index in [1.807, 2.05) is 0 Å². The van der Waals surface area contributed by atoms with Crippen LogP contribution in [0.1, 0.15) is 51.4 Å². The number of alkyl halides is 1. The predicted molar refractivity (Wildman–Crippen MR) is 56.9 cm³/mol. The van der Waals surface area contributed by atoms with Crippen molar-refractivity contribution in [1.29, 1.82) is 0 Å².